The number of carbonyl (C=O) groups excluding carboxylic acids is 1. The third kappa shape index (κ3) is 1.48. The van der Waals surface area contributed by atoms with Crippen LogP contribution in [-0.4, -0.2) is 13.0 Å². The Morgan fingerprint density at radius 3 is 2.79 bits per heavy atom. The Kier molecular flexibility index (Phi) is 2.23. The predicted molar refractivity (Wildman–Crippen MR) is 53.7 cm³/mol. The Labute approximate surface area is 82.4 Å². The molecule has 1 aliphatic rings. The van der Waals surface area contributed by atoms with Crippen molar-refractivity contribution >= 4 is 11.5 Å². The summed E-state index contributed by atoms with van der Waals surface area (Å²) in [7, 11) is 1.63. The summed E-state index contributed by atoms with van der Waals surface area (Å²) in [6.07, 6.45) is 2.17. The summed E-state index contributed by atoms with van der Waals surface area (Å²) in [5, 5.41) is 2.66. The summed E-state index contributed by atoms with van der Waals surface area (Å²) in [6.45, 7) is 0. The fourth-order valence-electron chi connectivity index (χ4n) is 1.53. The topological polar surface area (TPSA) is 38.3 Å². The number of para-hydroxylation sites is 1. The van der Waals surface area contributed by atoms with E-state index in [0.29, 0.717) is 6.42 Å². The van der Waals surface area contributed by atoms with E-state index in [9.17, 15) is 4.79 Å². The van der Waals surface area contributed by atoms with Gasteiger partial charge in [-0.05, 0) is 11.6 Å². The van der Waals surface area contributed by atoms with Gasteiger partial charge in [-0.15, -0.1) is 0 Å². The van der Waals surface area contributed by atoms with Crippen LogP contribution in [0.25, 0.3) is 5.57 Å². The van der Waals surface area contributed by atoms with Crippen LogP contribution in [0.2, 0.25) is 0 Å². The van der Waals surface area contributed by atoms with Gasteiger partial charge in [0.05, 0.1) is 13.5 Å². The Balaban J connectivity index is 2.36. The van der Waals surface area contributed by atoms with Crippen LogP contribution in [0.4, 0.5) is 0 Å². The third-order valence-corrected chi connectivity index (χ3v) is 2.21. The van der Waals surface area contributed by atoms with Gasteiger partial charge in [0.25, 0.3) is 0 Å². The van der Waals surface area contributed by atoms with Crippen LogP contribution >= 0.6 is 0 Å². The summed E-state index contributed by atoms with van der Waals surface area (Å²) < 4.78 is 5.21. The second-order valence-electron chi connectivity index (χ2n) is 3.11. The van der Waals surface area contributed by atoms with Crippen molar-refractivity contribution in [3.8, 4) is 5.75 Å². The lowest BCUT2D eigenvalue weighted by molar-refractivity contribution is -0.118. The number of carbonyl (C=O) groups is 1. The Morgan fingerprint density at radius 1 is 1.36 bits per heavy atom. The van der Waals surface area contributed by atoms with Crippen molar-refractivity contribution in [3.63, 3.8) is 0 Å². The molecule has 2 rings (SSSR count). The molecule has 0 atom stereocenters. The zero-order chi connectivity index (χ0) is 9.97. The van der Waals surface area contributed by atoms with E-state index in [0.717, 1.165) is 16.9 Å². The normalized spacial score (nSPS) is 14.9. The summed E-state index contributed by atoms with van der Waals surface area (Å²) >= 11 is 0. The minimum Gasteiger partial charge on any atom is -0.496 e. The second-order valence-corrected chi connectivity index (χ2v) is 3.11. The zero-order valence-electron chi connectivity index (χ0n) is 7.91. The van der Waals surface area contributed by atoms with Gasteiger partial charge in [0.2, 0.25) is 5.91 Å². The van der Waals surface area contributed by atoms with E-state index in [1.807, 2.05) is 24.3 Å². The van der Waals surface area contributed by atoms with Gasteiger partial charge in [0, 0.05) is 11.8 Å². The molecule has 1 aliphatic heterocycles. The third-order valence-electron chi connectivity index (χ3n) is 2.21. The maximum Gasteiger partial charge on any atom is 0.228 e. The number of rotatable bonds is 2. The Morgan fingerprint density at radius 2 is 2.14 bits per heavy atom. The number of benzene rings is 1. The average molecular weight is 189 g/mol. The monoisotopic (exact) mass is 189 g/mol. The average Bonchev–Trinajstić information content (AvgIpc) is 2.65. The highest BCUT2D eigenvalue weighted by atomic mass is 16.5. The fraction of sp³-hybridized carbons (Fsp3) is 0.182. The molecule has 3 nitrogen and oxygen atoms in total. The van der Waals surface area contributed by atoms with Gasteiger partial charge in [0.15, 0.2) is 0 Å². The fourth-order valence-corrected chi connectivity index (χ4v) is 1.53. The molecule has 1 amide bonds. The van der Waals surface area contributed by atoms with E-state index in [4.69, 9.17) is 4.74 Å². The molecule has 0 radical (unpaired) electrons. The van der Waals surface area contributed by atoms with Crippen LogP contribution in [-0.2, 0) is 4.79 Å². The maximum absolute atomic E-state index is 11.0. The largest absolute Gasteiger partial charge is 0.496 e. The van der Waals surface area contributed by atoms with Crippen LogP contribution in [0.15, 0.2) is 30.5 Å². The second kappa shape index (κ2) is 3.54. The van der Waals surface area contributed by atoms with Gasteiger partial charge in [0.1, 0.15) is 5.75 Å². The molecule has 0 saturated heterocycles. The van der Waals surface area contributed by atoms with Crippen LogP contribution in [0.1, 0.15) is 12.0 Å². The van der Waals surface area contributed by atoms with Crippen molar-refractivity contribution in [2.75, 3.05) is 7.11 Å². The standard InChI is InChI=1S/C11H11NO2/c1-14-10-5-3-2-4-9(10)8-6-11(13)12-7-8/h2-5,7H,6H2,1H3,(H,12,13). The first-order valence-corrected chi connectivity index (χ1v) is 4.43. The molecule has 0 aliphatic carbocycles. The van der Waals surface area contributed by atoms with Gasteiger partial charge >= 0.3 is 0 Å². The van der Waals surface area contributed by atoms with E-state index in [-0.39, 0.29) is 5.91 Å². The van der Waals surface area contributed by atoms with E-state index < -0.39 is 0 Å². The van der Waals surface area contributed by atoms with E-state index >= 15 is 0 Å². The zero-order valence-corrected chi connectivity index (χ0v) is 7.91. The van der Waals surface area contributed by atoms with Gasteiger partial charge in [-0.25, -0.2) is 0 Å². The lowest BCUT2D eigenvalue weighted by Gasteiger charge is -2.07. The molecule has 14 heavy (non-hydrogen) atoms. The molecule has 1 aromatic rings. The van der Waals surface area contributed by atoms with E-state index in [1.54, 1.807) is 13.3 Å². The lowest BCUT2D eigenvalue weighted by Crippen LogP contribution is -2.08. The molecule has 1 N–H and O–H groups in total. The highest BCUT2D eigenvalue weighted by Gasteiger charge is 2.16. The summed E-state index contributed by atoms with van der Waals surface area (Å²) in [4.78, 5) is 11.0. The molecule has 72 valence electrons. The van der Waals surface area contributed by atoms with Gasteiger partial charge < -0.3 is 10.1 Å². The first-order valence-electron chi connectivity index (χ1n) is 4.43. The van der Waals surface area contributed by atoms with E-state index in [1.165, 1.54) is 0 Å². The number of ether oxygens (including phenoxy) is 1. The number of amides is 1. The van der Waals surface area contributed by atoms with Crippen LogP contribution in [0.3, 0.4) is 0 Å². The maximum atomic E-state index is 11.0. The quantitative estimate of drug-likeness (QED) is 0.766. The van der Waals surface area contributed by atoms with Gasteiger partial charge in [-0.3, -0.25) is 4.79 Å². The number of methoxy groups -OCH3 is 1. The Hall–Kier alpha value is -1.77. The molecule has 1 heterocycles. The van der Waals surface area contributed by atoms with Crippen molar-refractivity contribution < 1.29 is 9.53 Å². The molecule has 0 bridgehead atoms. The summed E-state index contributed by atoms with van der Waals surface area (Å²) in [5.74, 6) is 0.834. The minimum absolute atomic E-state index is 0.0332. The van der Waals surface area contributed by atoms with Crippen LogP contribution in [0, 0.1) is 0 Å². The minimum atomic E-state index is 0.0332. The number of hydrogen-bond acceptors (Lipinski definition) is 2. The predicted octanol–water partition coefficient (Wildman–Crippen LogP) is 1.56. The molecule has 3 heteroatoms. The van der Waals surface area contributed by atoms with Crippen molar-refractivity contribution in [2.45, 2.75) is 6.42 Å². The van der Waals surface area contributed by atoms with Crippen molar-refractivity contribution in [1.29, 1.82) is 0 Å². The number of nitrogens with one attached hydrogen (secondary N) is 1. The molecule has 1 aromatic carbocycles. The molecule has 0 aromatic heterocycles. The Bertz CT molecular complexity index is 396. The molecular weight excluding hydrogens is 178 g/mol. The smallest absolute Gasteiger partial charge is 0.228 e. The van der Waals surface area contributed by atoms with Crippen LogP contribution < -0.4 is 10.1 Å². The molecule has 0 saturated carbocycles. The highest BCUT2D eigenvalue weighted by molar-refractivity contribution is 5.95. The molecule has 0 spiro atoms. The molecule has 0 fully saturated rings. The van der Waals surface area contributed by atoms with Crippen molar-refractivity contribution in [2.24, 2.45) is 0 Å². The SMILES string of the molecule is COc1ccccc1C1=CNC(=O)C1. The van der Waals surface area contributed by atoms with Gasteiger partial charge in [-0.1, -0.05) is 18.2 Å². The van der Waals surface area contributed by atoms with Crippen molar-refractivity contribution in [3.05, 3.63) is 36.0 Å². The van der Waals surface area contributed by atoms with E-state index in [2.05, 4.69) is 5.32 Å². The lowest BCUT2D eigenvalue weighted by atomic mass is 10.0. The summed E-state index contributed by atoms with van der Waals surface area (Å²) in [5.41, 5.74) is 1.96. The van der Waals surface area contributed by atoms with Crippen molar-refractivity contribution in [1.82, 2.24) is 5.32 Å². The molecule has 0 unspecified atom stereocenters. The molecular formula is C11H11NO2. The van der Waals surface area contributed by atoms with Gasteiger partial charge in [-0.2, -0.15) is 0 Å². The van der Waals surface area contributed by atoms with Crippen LogP contribution in [0.5, 0.6) is 5.75 Å². The first kappa shape index (κ1) is 8.81. The number of hydrogen-bond donors (Lipinski definition) is 1. The summed E-state index contributed by atoms with van der Waals surface area (Å²) in [6, 6.07) is 7.68. The highest BCUT2D eigenvalue weighted by Crippen LogP contribution is 2.29. The first-order chi connectivity index (χ1) is 6.81.